The number of nitrogens with zero attached hydrogens (tertiary/aromatic N) is 4. The molecule has 0 radical (unpaired) electrons. The molecule has 6 nitrogen and oxygen atoms in total. The number of thiophene rings is 1. The number of piperazine rings is 1. The third-order valence-electron chi connectivity index (χ3n) is 4.17. The van der Waals surface area contributed by atoms with E-state index in [9.17, 15) is 9.59 Å². The van der Waals surface area contributed by atoms with Crippen LogP contribution < -0.4 is 5.56 Å². The third kappa shape index (κ3) is 2.91. The molecule has 0 aliphatic carbocycles. The van der Waals surface area contributed by atoms with Gasteiger partial charge in [0.15, 0.2) is 0 Å². The van der Waals surface area contributed by atoms with Gasteiger partial charge in [-0.3, -0.25) is 14.2 Å². The fourth-order valence-corrected chi connectivity index (χ4v) is 3.65. The van der Waals surface area contributed by atoms with E-state index in [-0.39, 0.29) is 17.5 Å². The zero-order chi connectivity index (χ0) is 15.7. The first-order chi connectivity index (χ1) is 10.6. The second-order valence-corrected chi connectivity index (χ2v) is 6.73. The standard InChI is InChI=1S/C15H20N4O2S/c1-11-9-17(2)6-7-19(11)13(20)3-5-18-10-16-14-12(15(18)21)4-8-22-14/h4,8,10-11H,3,5-7,9H2,1-2H3/t11-/m0/s1. The van der Waals surface area contributed by atoms with Crippen molar-refractivity contribution in [1.29, 1.82) is 0 Å². The Hall–Kier alpha value is -1.73. The summed E-state index contributed by atoms with van der Waals surface area (Å²) in [5.74, 6) is 0.109. The Morgan fingerprint density at radius 1 is 1.45 bits per heavy atom. The molecule has 3 rings (SSSR count). The van der Waals surface area contributed by atoms with Gasteiger partial charge in [0.1, 0.15) is 4.83 Å². The molecule has 0 spiro atoms. The molecule has 1 saturated heterocycles. The number of hydrogen-bond acceptors (Lipinski definition) is 5. The molecule has 0 N–H and O–H groups in total. The van der Waals surface area contributed by atoms with Crippen LogP contribution in [0.15, 0.2) is 22.6 Å². The van der Waals surface area contributed by atoms with Gasteiger partial charge in [-0.25, -0.2) is 4.98 Å². The molecule has 0 unspecified atom stereocenters. The van der Waals surface area contributed by atoms with E-state index in [0.717, 1.165) is 24.5 Å². The van der Waals surface area contributed by atoms with Crippen LogP contribution in [0.25, 0.3) is 10.2 Å². The summed E-state index contributed by atoms with van der Waals surface area (Å²) in [5, 5.41) is 2.49. The van der Waals surface area contributed by atoms with Crippen molar-refractivity contribution in [2.45, 2.75) is 25.9 Å². The Bertz CT molecular complexity index is 738. The Labute approximate surface area is 133 Å². The number of aromatic nitrogens is 2. The van der Waals surface area contributed by atoms with Crippen LogP contribution in [-0.4, -0.2) is 58.0 Å². The average Bonchev–Trinajstić information content (AvgIpc) is 2.95. The summed E-state index contributed by atoms with van der Waals surface area (Å²) in [5.41, 5.74) is -0.0644. The van der Waals surface area contributed by atoms with E-state index < -0.39 is 0 Å². The van der Waals surface area contributed by atoms with Crippen LogP contribution in [0.3, 0.4) is 0 Å². The molecular formula is C15H20N4O2S. The molecule has 1 aliphatic heterocycles. The highest BCUT2D eigenvalue weighted by atomic mass is 32.1. The van der Waals surface area contributed by atoms with Crippen LogP contribution in [0, 0.1) is 0 Å². The van der Waals surface area contributed by atoms with Crippen LogP contribution in [0.5, 0.6) is 0 Å². The Balaban J connectivity index is 1.67. The van der Waals surface area contributed by atoms with Gasteiger partial charge in [-0.1, -0.05) is 0 Å². The Morgan fingerprint density at radius 3 is 3.05 bits per heavy atom. The maximum atomic E-state index is 12.4. The number of carbonyl (C=O) groups excluding carboxylic acids is 1. The van der Waals surface area contributed by atoms with E-state index in [1.807, 2.05) is 10.3 Å². The molecule has 118 valence electrons. The summed E-state index contributed by atoms with van der Waals surface area (Å²) in [4.78, 5) is 33.8. The first kappa shape index (κ1) is 15.2. The Morgan fingerprint density at radius 2 is 2.27 bits per heavy atom. The molecule has 1 amide bonds. The topological polar surface area (TPSA) is 58.4 Å². The van der Waals surface area contributed by atoms with Gasteiger partial charge < -0.3 is 9.80 Å². The number of rotatable bonds is 3. The van der Waals surface area contributed by atoms with Crippen LogP contribution in [0.1, 0.15) is 13.3 Å². The van der Waals surface area contributed by atoms with E-state index in [1.165, 1.54) is 15.9 Å². The lowest BCUT2D eigenvalue weighted by Crippen LogP contribution is -2.52. The summed E-state index contributed by atoms with van der Waals surface area (Å²) in [6, 6.07) is 2.01. The quantitative estimate of drug-likeness (QED) is 0.847. The molecule has 0 bridgehead atoms. The highest BCUT2D eigenvalue weighted by Gasteiger charge is 2.25. The molecule has 1 atom stereocenters. The third-order valence-corrected chi connectivity index (χ3v) is 4.99. The van der Waals surface area contributed by atoms with Gasteiger partial charge in [-0.05, 0) is 25.4 Å². The molecule has 2 aromatic heterocycles. The van der Waals surface area contributed by atoms with Crippen molar-refractivity contribution in [1.82, 2.24) is 19.4 Å². The van der Waals surface area contributed by atoms with Crippen LogP contribution in [0.4, 0.5) is 0 Å². The first-order valence-corrected chi connectivity index (χ1v) is 8.35. The molecule has 1 aliphatic rings. The van der Waals surface area contributed by atoms with Crippen LogP contribution in [-0.2, 0) is 11.3 Å². The van der Waals surface area contributed by atoms with Gasteiger partial charge in [-0.2, -0.15) is 0 Å². The van der Waals surface area contributed by atoms with Crippen molar-refractivity contribution in [3.63, 3.8) is 0 Å². The van der Waals surface area contributed by atoms with Crippen LogP contribution >= 0.6 is 11.3 Å². The van der Waals surface area contributed by atoms with Gasteiger partial charge in [-0.15, -0.1) is 11.3 Å². The predicted molar refractivity (Wildman–Crippen MR) is 87.2 cm³/mol. The molecule has 2 aromatic rings. The van der Waals surface area contributed by atoms with Crippen molar-refractivity contribution in [2.24, 2.45) is 0 Å². The first-order valence-electron chi connectivity index (χ1n) is 7.47. The fraction of sp³-hybridized carbons (Fsp3) is 0.533. The smallest absolute Gasteiger partial charge is 0.262 e. The van der Waals surface area contributed by atoms with Crippen LogP contribution in [0.2, 0.25) is 0 Å². The minimum Gasteiger partial charge on any atom is -0.337 e. The summed E-state index contributed by atoms with van der Waals surface area (Å²) < 4.78 is 1.54. The second-order valence-electron chi connectivity index (χ2n) is 5.83. The zero-order valence-corrected chi connectivity index (χ0v) is 13.7. The van der Waals surface area contributed by atoms with E-state index in [1.54, 1.807) is 12.4 Å². The average molecular weight is 320 g/mol. The van der Waals surface area contributed by atoms with E-state index in [4.69, 9.17) is 0 Å². The second kappa shape index (κ2) is 6.18. The van der Waals surface area contributed by atoms with E-state index in [0.29, 0.717) is 18.4 Å². The number of fused-ring (bicyclic) bond motifs is 1. The number of carbonyl (C=O) groups is 1. The highest BCUT2D eigenvalue weighted by Crippen LogP contribution is 2.14. The molecule has 0 saturated carbocycles. The summed E-state index contributed by atoms with van der Waals surface area (Å²) in [6.45, 7) is 5.01. The van der Waals surface area contributed by atoms with E-state index >= 15 is 0 Å². The number of likely N-dealkylation sites (N-methyl/N-ethyl adjacent to an activating group) is 1. The number of hydrogen-bond donors (Lipinski definition) is 0. The van der Waals surface area contributed by atoms with Crippen molar-refractivity contribution in [3.8, 4) is 0 Å². The molecule has 0 aromatic carbocycles. The van der Waals surface area contributed by atoms with E-state index in [2.05, 4.69) is 23.9 Å². The van der Waals surface area contributed by atoms with Gasteiger partial charge in [0.2, 0.25) is 5.91 Å². The largest absolute Gasteiger partial charge is 0.337 e. The summed E-state index contributed by atoms with van der Waals surface area (Å²) in [7, 11) is 2.07. The molecule has 1 fully saturated rings. The lowest BCUT2D eigenvalue weighted by Gasteiger charge is -2.38. The maximum Gasteiger partial charge on any atom is 0.262 e. The normalized spacial score (nSPS) is 19.7. The minimum atomic E-state index is -0.0644. The monoisotopic (exact) mass is 320 g/mol. The molecule has 3 heterocycles. The zero-order valence-electron chi connectivity index (χ0n) is 12.9. The van der Waals surface area contributed by atoms with Gasteiger partial charge in [0.25, 0.3) is 5.56 Å². The summed E-state index contributed by atoms with van der Waals surface area (Å²) in [6.07, 6.45) is 1.88. The lowest BCUT2D eigenvalue weighted by molar-refractivity contribution is -0.135. The SMILES string of the molecule is C[C@H]1CN(C)CCN1C(=O)CCn1cnc2sccc2c1=O. The lowest BCUT2D eigenvalue weighted by atomic mass is 10.2. The van der Waals surface area contributed by atoms with Gasteiger partial charge in [0, 0.05) is 38.6 Å². The summed E-state index contributed by atoms with van der Waals surface area (Å²) >= 11 is 1.45. The van der Waals surface area contributed by atoms with Crippen molar-refractivity contribution in [2.75, 3.05) is 26.7 Å². The fourth-order valence-electron chi connectivity index (χ4n) is 2.92. The van der Waals surface area contributed by atoms with Crippen molar-refractivity contribution >= 4 is 27.5 Å². The Kier molecular flexibility index (Phi) is 4.26. The molecule has 7 heteroatoms. The minimum absolute atomic E-state index is 0.0644. The predicted octanol–water partition coefficient (Wildman–Crippen LogP) is 1.01. The van der Waals surface area contributed by atoms with Gasteiger partial charge in [0.05, 0.1) is 11.7 Å². The van der Waals surface area contributed by atoms with Gasteiger partial charge >= 0.3 is 0 Å². The highest BCUT2D eigenvalue weighted by molar-refractivity contribution is 7.16. The number of aryl methyl sites for hydroxylation is 1. The number of amides is 1. The van der Waals surface area contributed by atoms with Crippen molar-refractivity contribution in [3.05, 3.63) is 28.1 Å². The van der Waals surface area contributed by atoms with Crippen molar-refractivity contribution < 1.29 is 4.79 Å². The molecule has 22 heavy (non-hydrogen) atoms. The maximum absolute atomic E-state index is 12.4. The molecular weight excluding hydrogens is 300 g/mol.